The van der Waals surface area contributed by atoms with Crippen LogP contribution in [0, 0.1) is 0 Å². The quantitative estimate of drug-likeness (QED) is 0.806. The molecule has 0 amide bonds. The van der Waals surface area contributed by atoms with Crippen molar-refractivity contribution in [1.82, 2.24) is 0 Å². The van der Waals surface area contributed by atoms with Gasteiger partial charge in [-0.3, -0.25) is 0 Å². The molecule has 1 aromatic carbocycles. The van der Waals surface area contributed by atoms with Gasteiger partial charge in [-0.1, -0.05) is 0 Å². The van der Waals surface area contributed by atoms with Gasteiger partial charge in [-0.05, 0) is 24.6 Å². The molecular weight excluding hydrogens is 220 g/mol. The summed E-state index contributed by atoms with van der Waals surface area (Å²) in [5.74, 6) is 1.94. The average Bonchev–Trinajstić information content (AvgIpc) is 2.33. The minimum Gasteiger partial charge on any atom is -0.493 e. The molecule has 2 rings (SSSR count). The molecule has 1 aliphatic rings. The van der Waals surface area contributed by atoms with Gasteiger partial charge in [0.25, 0.3) is 0 Å². The molecule has 1 heterocycles. The molecule has 1 unspecified atom stereocenters. The first kappa shape index (κ1) is 12.0. The Bertz CT molecular complexity index is 385. The lowest BCUT2D eigenvalue weighted by Gasteiger charge is -2.39. The maximum atomic E-state index is 5.62. The van der Waals surface area contributed by atoms with E-state index < -0.39 is 0 Å². The summed E-state index contributed by atoms with van der Waals surface area (Å²) in [6.45, 7) is 2.87. The van der Waals surface area contributed by atoms with Gasteiger partial charge in [-0.2, -0.15) is 0 Å². The number of hydrogen-bond acceptors (Lipinski definition) is 4. The fraction of sp³-hybridized carbons (Fsp3) is 0.538. The second-order valence-electron chi connectivity index (χ2n) is 4.24. The number of ether oxygens (including phenoxy) is 4. The highest BCUT2D eigenvalue weighted by molar-refractivity contribution is 5.55. The lowest BCUT2D eigenvalue weighted by molar-refractivity contribution is -0.140. The van der Waals surface area contributed by atoms with Crippen LogP contribution in [0.1, 0.15) is 18.9 Å². The van der Waals surface area contributed by atoms with E-state index in [1.54, 1.807) is 21.3 Å². The normalized spacial score (nSPS) is 22.8. The van der Waals surface area contributed by atoms with Crippen molar-refractivity contribution in [2.24, 2.45) is 0 Å². The van der Waals surface area contributed by atoms with Crippen LogP contribution in [0.3, 0.4) is 0 Å². The summed E-state index contributed by atoms with van der Waals surface area (Å²) in [5.41, 5.74) is 0.825. The summed E-state index contributed by atoms with van der Waals surface area (Å²) >= 11 is 0. The zero-order chi connectivity index (χ0) is 12.5. The molecule has 0 N–H and O–H groups in total. The standard InChI is InChI=1S/C13H18O4/c1-13(5-6-17-13)9-7-10(14-2)12(16-4)11(8-9)15-3/h7-8H,5-6H2,1-4H3. The second kappa shape index (κ2) is 4.45. The molecule has 17 heavy (non-hydrogen) atoms. The molecule has 0 saturated carbocycles. The Labute approximate surface area is 101 Å². The fourth-order valence-electron chi connectivity index (χ4n) is 2.02. The highest BCUT2D eigenvalue weighted by Gasteiger charge is 2.36. The molecule has 0 aromatic heterocycles. The van der Waals surface area contributed by atoms with Crippen LogP contribution in [0.15, 0.2) is 12.1 Å². The van der Waals surface area contributed by atoms with Gasteiger partial charge in [0.1, 0.15) is 0 Å². The van der Waals surface area contributed by atoms with Gasteiger partial charge in [0.05, 0.1) is 33.5 Å². The summed E-state index contributed by atoms with van der Waals surface area (Å²) in [6.07, 6.45) is 1.01. The van der Waals surface area contributed by atoms with E-state index in [4.69, 9.17) is 18.9 Å². The fourth-order valence-corrected chi connectivity index (χ4v) is 2.02. The van der Waals surface area contributed by atoms with Crippen LogP contribution in [0.25, 0.3) is 0 Å². The first-order chi connectivity index (χ1) is 8.14. The van der Waals surface area contributed by atoms with Crippen LogP contribution in [-0.2, 0) is 10.3 Å². The van der Waals surface area contributed by atoms with Crippen molar-refractivity contribution in [3.63, 3.8) is 0 Å². The van der Waals surface area contributed by atoms with Crippen molar-refractivity contribution in [1.29, 1.82) is 0 Å². The molecule has 4 nitrogen and oxygen atoms in total. The Hall–Kier alpha value is -1.42. The molecule has 94 valence electrons. The van der Waals surface area contributed by atoms with E-state index >= 15 is 0 Å². The third-order valence-corrected chi connectivity index (χ3v) is 3.28. The Balaban J connectivity index is 2.48. The van der Waals surface area contributed by atoms with Crippen molar-refractivity contribution in [2.45, 2.75) is 18.9 Å². The molecule has 0 radical (unpaired) electrons. The van der Waals surface area contributed by atoms with Crippen LogP contribution in [0.2, 0.25) is 0 Å². The molecule has 0 spiro atoms. The molecule has 0 bridgehead atoms. The minimum absolute atomic E-state index is 0.229. The lowest BCUT2D eigenvalue weighted by Crippen LogP contribution is -2.37. The van der Waals surface area contributed by atoms with E-state index in [2.05, 4.69) is 6.92 Å². The molecule has 4 heteroatoms. The van der Waals surface area contributed by atoms with Crippen LogP contribution in [-0.4, -0.2) is 27.9 Å². The van der Waals surface area contributed by atoms with Gasteiger partial charge < -0.3 is 18.9 Å². The van der Waals surface area contributed by atoms with Gasteiger partial charge in [0.2, 0.25) is 5.75 Å². The first-order valence-electron chi connectivity index (χ1n) is 5.59. The van der Waals surface area contributed by atoms with E-state index in [0.29, 0.717) is 17.2 Å². The zero-order valence-corrected chi connectivity index (χ0v) is 10.7. The maximum Gasteiger partial charge on any atom is 0.203 e. The predicted molar refractivity (Wildman–Crippen MR) is 64.0 cm³/mol. The summed E-state index contributed by atoms with van der Waals surface area (Å²) < 4.78 is 21.6. The van der Waals surface area contributed by atoms with E-state index in [9.17, 15) is 0 Å². The maximum absolute atomic E-state index is 5.62. The number of rotatable bonds is 4. The molecule has 1 saturated heterocycles. The monoisotopic (exact) mass is 238 g/mol. The average molecular weight is 238 g/mol. The Kier molecular flexibility index (Phi) is 3.15. The van der Waals surface area contributed by atoms with Crippen LogP contribution >= 0.6 is 0 Å². The van der Waals surface area contributed by atoms with Gasteiger partial charge in [-0.25, -0.2) is 0 Å². The van der Waals surface area contributed by atoms with Crippen LogP contribution in [0.5, 0.6) is 17.2 Å². The molecule has 1 fully saturated rings. The van der Waals surface area contributed by atoms with Gasteiger partial charge in [-0.15, -0.1) is 0 Å². The highest BCUT2D eigenvalue weighted by Crippen LogP contribution is 2.45. The Morgan fingerprint density at radius 1 is 1.06 bits per heavy atom. The van der Waals surface area contributed by atoms with E-state index in [-0.39, 0.29) is 5.60 Å². The highest BCUT2D eigenvalue weighted by atomic mass is 16.5. The van der Waals surface area contributed by atoms with Crippen molar-refractivity contribution in [2.75, 3.05) is 27.9 Å². The Morgan fingerprint density at radius 2 is 1.59 bits per heavy atom. The van der Waals surface area contributed by atoms with Gasteiger partial charge in [0, 0.05) is 6.42 Å². The van der Waals surface area contributed by atoms with E-state index in [1.165, 1.54) is 0 Å². The molecule has 1 atom stereocenters. The topological polar surface area (TPSA) is 36.9 Å². The predicted octanol–water partition coefficient (Wildman–Crippen LogP) is 2.35. The Morgan fingerprint density at radius 3 is 1.88 bits per heavy atom. The van der Waals surface area contributed by atoms with Crippen molar-refractivity contribution in [3.05, 3.63) is 17.7 Å². The third kappa shape index (κ3) is 1.93. The second-order valence-corrected chi connectivity index (χ2v) is 4.24. The first-order valence-corrected chi connectivity index (χ1v) is 5.59. The molecule has 1 aromatic rings. The van der Waals surface area contributed by atoms with Crippen molar-refractivity contribution in [3.8, 4) is 17.2 Å². The molecule has 1 aliphatic heterocycles. The van der Waals surface area contributed by atoms with Crippen LogP contribution < -0.4 is 14.2 Å². The molecular formula is C13H18O4. The lowest BCUT2D eigenvalue weighted by atomic mass is 9.88. The minimum atomic E-state index is -0.229. The summed E-state index contributed by atoms with van der Waals surface area (Å²) in [5, 5.41) is 0. The smallest absolute Gasteiger partial charge is 0.203 e. The third-order valence-electron chi connectivity index (χ3n) is 3.28. The zero-order valence-electron chi connectivity index (χ0n) is 10.7. The summed E-state index contributed by atoms with van der Waals surface area (Å²) in [4.78, 5) is 0. The molecule has 0 aliphatic carbocycles. The number of methoxy groups -OCH3 is 3. The number of benzene rings is 1. The number of hydrogen-bond donors (Lipinski definition) is 0. The van der Waals surface area contributed by atoms with Gasteiger partial charge >= 0.3 is 0 Å². The summed E-state index contributed by atoms with van der Waals surface area (Å²) in [7, 11) is 4.83. The SMILES string of the molecule is COc1cc(C2(C)CCO2)cc(OC)c1OC. The summed E-state index contributed by atoms with van der Waals surface area (Å²) in [6, 6.07) is 3.89. The van der Waals surface area contributed by atoms with E-state index in [1.807, 2.05) is 12.1 Å². The van der Waals surface area contributed by atoms with Crippen molar-refractivity contribution < 1.29 is 18.9 Å². The van der Waals surface area contributed by atoms with Gasteiger partial charge in [0.15, 0.2) is 11.5 Å². The van der Waals surface area contributed by atoms with E-state index in [0.717, 1.165) is 18.6 Å². The largest absolute Gasteiger partial charge is 0.493 e. The van der Waals surface area contributed by atoms with Crippen molar-refractivity contribution >= 4 is 0 Å². The van der Waals surface area contributed by atoms with Crippen LogP contribution in [0.4, 0.5) is 0 Å².